The summed E-state index contributed by atoms with van der Waals surface area (Å²) < 4.78 is 5.37. The van der Waals surface area contributed by atoms with Gasteiger partial charge in [-0.25, -0.2) is 0 Å². The molecule has 0 radical (unpaired) electrons. The maximum Gasteiger partial charge on any atom is 0.0558 e. The van der Waals surface area contributed by atoms with Crippen molar-refractivity contribution in [1.82, 2.24) is 5.32 Å². The van der Waals surface area contributed by atoms with E-state index in [-0.39, 0.29) is 0 Å². The molecule has 5 atom stereocenters. The van der Waals surface area contributed by atoms with Crippen molar-refractivity contribution in [2.75, 3.05) is 14.2 Å². The minimum Gasteiger partial charge on any atom is -0.382 e. The lowest BCUT2D eigenvalue weighted by Crippen LogP contribution is -2.32. The minimum atomic E-state index is 0.385. The van der Waals surface area contributed by atoms with Crippen molar-refractivity contribution < 1.29 is 4.74 Å². The van der Waals surface area contributed by atoms with Crippen molar-refractivity contribution in [3.63, 3.8) is 0 Å². The normalized spacial score (nSPS) is 36.6. The maximum atomic E-state index is 5.37. The van der Waals surface area contributed by atoms with Crippen LogP contribution in [0.5, 0.6) is 0 Å². The highest BCUT2D eigenvalue weighted by atomic mass is 16.5. The molecule has 0 heterocycles. The van der Waals surface area contributed by atoms with Crippen molar-refractivity contribution in [2.45, 2.75) is 57.6 Å². The number of methoxy groups -OCH3 is 1. The van der Waals surface area contributed by atoms with Gasteiger partial charge < -0.3 is 10.1 Å². The van der Waals surface area contributed by atoms with E-state index in [1.165, 1.54) is 32.1 Å². The third kappa shape index (κ3) is 2.78. The molecule has 2 bridgehead atoms. The Morgan fingerprint density at radius 2 is 2.12 bits per heavy atom. The number of nitrogens with one attached hydrogen (secondary N) is 1. The lowest BCUT2D eigenvalue weighted by molar-refractivity contribution is 0.0960. The summed E-state index contributed by atoms with van der Waals surface area (Å²) in [6.45, 7) is 2.17. The van der Waals surface area contributed by atoms with Crippen molar-refractivity contribution in [2.24, 2.45) is 17.8 Å². The predicted molar refractivity (Wildman–Crippen MR) is 67.5 cm³/mol. The highest BCUT2D eigenvalue weighted by Gasteiger charge is 2.39. The van der Waals surface area contributed by atoms with Gasteiger partial charge in [-0.05, 0) is 63.8 Å². The molecule has 2 aliphatic rings. The minimum absolute atomic E-state index is 0.385. The number of hydrogen-bond donors (Lipinski definition) is 1. The molecular formula is C14H27NO. The molecule has 2 aliphatic carbocycles. The van der Waals surface area contributed by atoms with Crippen molar-refractivity contribution in [3.8, 4) is 0 Å². The molecule has 0 aromatic rings. The van der Waals surface area contributed by atoms with Gasteiger partial charge in [-0.15, -0.1) is 0 Å². The van der Waals surface area contributed by atoms with Gasteiger partial charge >= 0.3 is 0 Å². The zero-order valence-electron chi connectivity index (χ0n) is 11.0. The third-order valence-corrected chi connectivity index (χ3v) is 4.90. The fourth-order valence-electron chi connectivity index (χ4n) is 3.86. The van der Waals surface area contributed by atoms with E-state index < -0.39 is 0 Å². The Balaban J connectivity index is 1.78. The van der Waals surface area contributed by atoms with Crippen LogP contribution < -0.4 is 5.32 Å². The standard InChI is InChI=1S/C14H27NO/c1-10(16-3)6-14(15-2)9-13-8-11-4-5-12(13)7-11/h10-15H,4-9H2,1-3H3. The SMILES string of the molecule is CNC(CC(C)OC)CC1CC2CCC1C2. The van der Waals surface area contributed by atoms with Gasteiger partial charge in [-0.2, -0.15) is 0 Å². The van der Waals surface area contributed by atoms with Gasteiger partial charge in [0.05, 0.1) is 6.10 Å². The van der Waals surface area contributed by atoms with Crippen LogP contribution in [0.3, 0.4) is 0 Å². The largest absolute Gasteiger partial charge is 0.382 e. The summed E-state index contributed by atoms with van der Waals surface area (Å²) in [5.74, 6) is 3.13. The van der Waals surface area contributed by atoms with E-state index in [0.717, 1.165) is 24.2 Å². The van der Waals surface area contributed by atoms with Gasteiger partial charge in [0, 0.05) is 13.2 Å². The summed E-state index contributed by atoms with van der Waals surface area (Å²) in [4.78, 5) is 0. The Morgan fingerprint density at radius 3 is 2.62 bits per heavy atom. The fourth-order valence-corrected chi connectivity index (χ4v) is 3.86. The zero-order chi connectivity index (χ0) is 11.5. The number of fused-ring (bicyclic) bond motifs is 2. The van der Waals surface area contributed by atoms with Crippen LogP contribution in [0.25, 0.3) is 0 Å². The molecule has 16 heavy (non-hydrogen) atoms. The van der Waals surface area contributed by atoms with E-state index >= 15 is 0 Å². The monoisotopic (exact) mass is 225 g/mol. The molecule has 2 heteroatoms. The molecule has 0 aromatic carbocycles. The van der Waals surface area contributed by atoms with Crippen LogP contribution in [0.1, 0.15) is 45.4 Å². The number of hydrogen-bond acceptors (Lipinski definition) is 2. The van der Waals surface area contributed by atoms with Crippen LogP contribution in [0.2, 0.25) is 0 Å². The second kappa shape index (κ2) is 5.50. The predicted octanol–water partition coefficient (Wildman–Crippen LogP) is 2.83. The Labute approximate surface area is 100 Å². The summed E-state index contributed by atoms with van der Waals surface area (Å²) in [6, 6.07) is 0.652. The summed E-state index contributed by atoms with van der Waals surface area (Å²) in [5.41, 5.74) is 0. The molecule has 0 saturated heterocycles. The van der Waals surface area contributed by atoms with Crippen molar-refractivity contribution >= 4 is 0 Å². The fraction of sp³-hybridized carbons (Fsp3) is 1.00. The second-order valence-electron chi connectivity index (χ2n) is 5.94. The van der Waals surface area contributed by atoms with E-state index in [4.69, 9.17) is 4.74 Å². The topological polar surface area (TPSA) is 21.3 Å². The van der Waals surface area contributed by atoms with E-state index in [0.29, 0.717) is 12.1 Å². The highest BCUT2D eigenvalue weighted by Crippen LogP contribution is 2.50. The maximum absolute atomic E-state index is 5.37. The molecule has 0 aromatic heterocycles. The molecular weight excluding hydrogens is 198 g/mol. The van der Waals surface area contributed by atoms with Crippen LogP contribution in [-0.4, -0.2) is 26.3 Å². The molecule has 2 saturated carbocycles. The summed E-state index contributed by atoms with van der Waals surface area (Å²) >= 11 is 0. The molecule has 0 aliphatic heterocycles. The summed E-state index contributed by atoms with van der Waals surface area (Å²) in [6.07, 6.45) is 8.96. The first-order chi connectivity index (χ1) is 7.72. The summed E-state index contributed by atoms with van der Waals surface area (Å²) in [7, 11) is 3.91. The Hall–Kier alpha value is -0.0800. The summed E-state index contributed by atoms with van der Waals surface area (Å²) in [5, 5.41) is 3.47. The van der Waals surface area contributed by atoms with Crippen molar-refractivity contribution in [3.05, 3.63) is 0 Å². The first kappa shape index (κ1) is 12.4. The number of ether oxygens (including phenoxy) is 1. The van der Waals surface area contributed by atoms with Gasteiger partial charge in [-0.3, -0.25) is 0 Å². The average molecular weight is 225 g/mol. The van der Waals surface area contributed by atoms with Gasteiger partial charge in [0.2, 0.25) is 0 Å². The van der Waals surface area contributed by atoms with Crippen LogP contribution >= 0.6 is 0 Å². The zero-order valence-corrected chi connectivity index (χ0v) is 11.0. The quantitative estimate of drug-likeness (QED) is 0.750. The van der Waals surface area contributed by atoms with E-state index in [2.05, 4.69) is 19.3 Å². The first-order valence-electron chi connectivity index (χ1n) is 6.93. The Kier molecular flexibility index (Phi) is 4.26. The third-order valence-electron chi connectivity index (χ3n) is 4.90. The molecule has 0 spiro atoms. The Morgan fingerprint density at radius 1 is 1.31 bits per heavy atom. The number of rotatable bonds is 6. The first-order valence-corrected chi connectivity index (χ1v) is 6.93. The lowest BCUT2D eigenvalue weighted by Gasteiger charge is -2.27. The van der Waals surface area contributed by atoms with E-state index in [1.807, 2.05) is 7.11 Å². The van der Waals surface area contributed by atoms with Gasteiger partial charge in [0.15, 0.2) is 0 Å². The molecule has 1 N–H and O–H groups in total. The van der Waals surface area contributed by atoms with E-state index in [1.54, 1.807) is 0 Å². The molecule has 94 valence electrons. The van der Waals surface area contributed by atoms with Crippen molar-refractivity contribution in [1.29, 1.82) is 0 Å². The lowest BCUT2D eigenvalue weighted by atomic mass is 9.83. The van der Waals surface area contributed by atoms with Gasteiger partial charge in [0.1, 0.15) is 0 Å². The van der Waals surface area contributed by atoms with Crippen LogP contribution in [0.15, 0.2) is 0 Å². The molecule has 5 unspecified atom stereocenters. The van der Waals surface area contributed by atoms with Crippen LogP contribution in [0, 0.1) is 17.8 Å². The smallest absolute Gasteiger partial charge is 0.0558 e. The van der Waals surface area contributed by atoms with Crippen LogP contribution in [0.4, 0.5) is 0 Å². The van der Waals surface area contributed by atoms with Crippen LogP contribution in [-0.2, 0) is 4.74 Å². The average Bonchev–Trinajstić information content (AvgIpc) is 2.89. The second-order valence-corrected chi connectivity index (χ2v) is 5.94. The molecule has 2 rings (SSSR count). The Bertz CT molecular complexity index is 219. The van der Waals surface area contributed by atoms with Gasteiger partial charge in [0.25, 0.3) is 0 Å². The molecule has 0 amide bonds. The molecule has 2 fully saturated rings. The van der Waals surface area contributed by atoms with E-state index in [9.17, 15) is 0 Å². The molecule has 2 nitrogen and oxygen atoms in total. The van der Waals surface area contributed by atoms with Gasteiger partial charge in [-0.1, -0.05) is 6.42 Å². The highest BCUT2D eigenvalue weighted by molar-refractivity contribution is 4.91.